The molecule has 1 unspecified atom stereocenters. The molecule has 0 heterocycles. The van der Waals surface area contributed by atoms with Crippen molar-refractivity contribution < 1.29 is 9.13 Å². The molecular formula is C12H18BrFN2O. The monoisotopic (exact) mass is 304 g/mol. The Labute approximate surface area is 110 Å². The van der Waals surface area contributed by atoms with E-state index in [1.54, 1.807) is 13.2 Å². The lowest BCUT2D eigenvalue weighted by molar-refractivity contribution is -0.0101. The summed E-state index contributed by atoms with van der Waals surface area (Å²) < 4.78 is 19.1. The summed E-state index contributed by atoms with van der Waals surface area (Å²) in [4.78, 5) is 0. The van der Waals surface area contributed by atoms with Crippen molar-refractivity contribution in [1.29, 1.82) is 0 Å². The molecule has 5 heteroatoms. The molecule has 0 aliphatic rings. The van der Waals surface area contributed by atoms with Crippen LogP contribution in [0.4, 0.5) is 4.39 Å². The molecular weight excluding hydrogens is 287 g/mol. The first kappa shape index (κ1) is 14.6. The van der Waals surface area contributed by atoms with Crippen molar-refractivity contribution in [2.75, 3.05) is 7.11 Å². The molecule has 3 nitrogen and oxygen atoms in total. The Morgan fingerprint density at radius 3 is 2.65 bits per heavy atom. The summed E-state index contributed by atoms with van der Waals surface area (Å²) >= 11 is 3.34. The van der Waals surface area contributed by atoms with Crippen molar-refractivity contribution in [1.82, 2.24) is 5.43 Å². The molecule has 1 rings (SSSR count). The van der Waals surface area contributed by atoms with E-state index in [2.05, 4.69) is 21.4 Å². The third kappa shape index (κ3) is 3.74. The minimum atomic E-state index is -0.400. The number of benzene rings is 1. The van der Waals surface area contributed by atoms with E-state index in [0.717, 1.165) is 10.0 Å². The van der Waals surface area contributed by atoms with Crippen LogP contribution in [0.5, 0.6) is 0 Å². The summed E-state index contributed by atoms with van der Waals surface area (Å²) in [6.07, 6.45) is 0.651. The summed E-state index contributed by atoms with van der Waals surface area (Å²) in [6, 6.07) is 4.57. The first-order valence-electron chi connectivity index (χ1n) is 5.36. The smallest absolute Gasteiger partial charge is 0.124 e. The lowest BCUT2D eigenvalue weighted by Gasteiger charge is -2.32. The maximum atomic E-state index is 13.0. The summed E-state index contributed by atoms with van der Waals surface area (Å²) in [7, 11) is 1.64. The zero-order valence-electron chi connectivity index (χ0n) is 10.3. The molecule has 1 atom stereocenters. The van der Waals surface area contributed by atoms with Gasteiger partial charge in [0.25, 0.3) is 0 Å². The molecule has 0 saturated heterocycles. The van der Waals surface area contributed by atoms with E-state index in [-0.39, 0.29) is 11.9 Å². The summed E-state index contributed by atoms with van der Waals surface area (Å²) in [5, 5.41) is 0. The van der Waals surface area contributed by atoms with Crippen molar-refractivity contribution in [3.8, 4) is 0 Å². The molecule has 0 radical (unpaired) electrons. The molecule has 0 aliphatic carbocycles. The first-order valence-corrected chi connectivity index (χ1v) is 6.15. The van der Waals surface area contributed by atoms with Gasteiger partial charge in [0.05, 0.1) is 11.6 Å². The van der Waals surface area contributed by atoms with Gasteiger partial charge in [0.1, 0.15) is 5.82 Å². The Hall–Kier alpha value is -0.490. The molecule has 0 spiro atoms. The molecule has 0 saturated carbocycles. The summed E-state index contributed by atoms with van der Waals surface area (Å²) in [5.74, 6) is 5.28. The molecule has 0 amide bonds. The number of methoxy groups -OCH3 is 1. The van der Waals surface area contributed by atoms with Crippen LogP contribution in [0, 0.1) is 5.82 Å². The van der Waals surface area contributed by atoms with Crippen molar-refractivity contribution >= 4 is 15.9 Å². The average Bonchev–Trinajstić information content (AvgIpc) is 2.27. The van der Waals surface area contributed by atoms with E-state index in [9.17, 15) is 4.39 Å². The van der Waals surface area contributed by atoms with Gasteiger partial charge in [-0.25, -0.2) is 4.39 Å². The number of ether oxygens (including phenoxy) is 1. The van der Waals surface area contributed by atoms with Gasteiger partial charge >= 0.3 is 0 Å². The lowest BCUT2D eigenvalue weighted by Crippen LogP contribution is -2.52. The second-order valence-electron chi connectivity index (χ2n) is 4.47. The Bertz CT molecular complexity index is 385. The van der Waals surface area contributed by atoms with E-state index in [0.29, 0.717) is 6.42 Å². The standard InChI is InChI=1S/C12H18BrFN2O/c1-12(2,17-3)11(16-15)6-8-4-5-9(14)7-10(8)13/h4-5,7,11,16H,6,15H2,1-3H3. The minimum absolute atomic E-state index is 0.0609. The third-order valence-electron chi connectivity index (χ3n) is 3.01. The molecule has 0 fully saturated rings. The normalized spacial score (nSPS) is 13.8. The molecule has 1 aromatic carbocycles. The van der Waals surface area contributed by atoms with E-state index in [1.807, 2.05) is 13.8 Å². The van der Waals surface area contributed by atoms with Crippen LogP contribution < -0.4 is 11.3 Å². The predicted octanol–water partition coefficient (Wildman–Crippen LogP) is 2.39. The molecule has 96 valence electrons. The van der Waals surface area contributed by atoms with Gasteiger partial charge in [-0.05, 0) is 38.0 Å². The number of hydrazine groups is 1. The van der Waals surface area contributed by atoms with Crippen LogP contribution in [0.2, 0.25) is 0 Å². The Balaban J connectivity index is 2.88. The van der Waals surface area contributed by atoms with Crippen LogP contribution in [0.3, 0.4) is 0 Å². The van der Waals surface area contributed by atoms with Crippen LogP contribution in [0.1, 0.15) is 19.4 Å². The van der Waals surface area contributed by atoms with Crippen LogP contribution in [0.25, 0.3) is 0 Å². The van der Waals surface area contributed by atoms with Gasteiger partial charge in [-0.2, -0.15) is 0 Å². The van der Waals surface area contributed by atoms with Gasteiger partial charge in [0.15, 0.2) is 0 Å². The molecule has 0 bridgehead atoms. The molecule has 17 heavy (non-hydrogen) atoms. The van der Waals surface area contributed by atoms with Gasteiger partial charge in [0, 0.05) is 11.6 Å². The van der Waals surface area contributed by atoms with Gasteiger partial charge in [0.2, 0.25) is 0 Å². The molecule has 0 aromatic heterocycles. The van der Waals surface area contributed by atoms with Gasteiger partial charge in [-0.15, -0.1) is 0 Å². The fourth-order valence-corrected chi connectivity index (χ4v) is 2.07. The Morgan fingerprint density at radius 1 is 1.53 bits per heavy atom. The lowest BCUT2D eigenvalue weighted by atomic mass is 9.93. The van der Waals surface area contributed by atoms with E-state index >= 15 is 0 Å². The highest BCUT2D eigenvalue weighted by Gasteiger charge is 2.28. The number of hydrogen-bond acceptors (Lipinski definition) is 3. The van der Waals surface area contributed by atoms with Gasteiger partial charge in [-0.1, -0.05) is 22.0 Å². The number of nitrogens with one attached hydrogen (secondary N) is 1. The van der Waals surface area contributed by atoms with Crippen LogP contribution >= 0.6 is 15.9 Å². The zero-order chi connectivity index (χ0) is 13.1. The van der Waals surface area contributed by atoms with Crippen molar-refractivity contribution in [3.63, 3.8) is 0 Å². The summed E-state index contributed by atoms with van der Waals surface area (Å²) in [6.45, 7) is 3.91. The summed E-state index contributed by atoms with van der Waals surface area (Å²) in [5.41, 5.74) is 3.33. The topological polar surface area (TPSA) is 47.3 Å². The second-order valence-corrected chi connectivity index (χ2v) is 5.32. The van der Waals surface area contributed by atoms with Gasteiger partial charge < -0.3 is 4.74 Å². The largest absolute Gasteiger partial charge is 0.377 e. The quantitative estimate of drug-likeness (QED) is 0.648. The maximum Gasteiger partial charge on any atom is 0.124 e. The van der Waals surface area contributed by atoms with E-state index in [4.69, 9.17) is 10.6 Å². The predicted molar refractivity (Wildman–Crippen MR) is 70.0 cm³/mol. The number of hydrogen-bond donors (Lipinski definition) is 2. The SMILES string of the molecule is COC(C)(C)C(Cc1ccc(F)cc1Br)NN. The van der Waals surface area contributed by atoms with Crippen molar-refractivity contribution in [2.45, 2.75) is 31.9 Å². The minimum Gasteiger partial charge on any atom is -0.377 e. The number of nitrogens with two attached hydrogens (primary N) is 1. The van der Waals surface area contributed by atoms with Crippen LogP contribution in [-0.2, 0) is 11.2 Å². The zero-order valence-corrected chi connectivity index (χ0v) is 11.8. The molecule has 0 aliphatic heterocycles. The number of halogens is 2. The third-order valence-corrected chi connectivity index (χ3v) is 3.74. The maximum absolute atomic E-state index is 13.0. The van der Waals surface area contributed by atoms with Crippen molar-refractivity contribution in [3.05, 3.63) is 34.1 Å². The Morgan fingerprint density at radius 2 is 2.18 bits per heavy atom. The van der Waals surface area contributed by atoms with Crippen LogP contribution in [0.15, 0.2) is 22.7 Å². The fourth-order valence-electron chi connectivity index (χ4n) is 1.55. The highest BCUT2D eigenvalue weighted by atomic mass is 79.9. The van der Waals surface area contributed by atoms with Crippen molar-refractivity contribution in [2.24, 2.45) is 5.84 Å². The highest BCUT2D eigenvalue weighted by molar-refractivity contribution is 9.10. The average molecular weight is 305 g/mol. The first-order chi connectivity index (χ1) is 7.90. The second kappa shape index (κ2) is 5.91. The van der Waals surface area contributed by atoms with Crippen LogP contribution in [-0.4, -0.2) is 18.8 Å². The molecule has 1 aromatic rings. The highest BCUT2D eigenvalue weighted by Crippen LogP contribution is 2.23. The van der Waals surface area contributed by atoms with Gasteiger partial charge in [-0.3, -0.25) is 11.3 Å². The van der Waals surface area contributed by atoms with E-state index < -0.39 is 5.60 Å². The molecule has 3 N–H and O–H groups in total. The van der Waals surface area contributed by atoms with E-state index in [1.165, 1.54) is 12.1 Å². The Kier molecular flexibility index (Phi) is 5.06. The fraction of sp³-hybridized carbons (Fsp3) is 0.500. The number of rotatable bonds is 5.